The van der Waals surface area contributed by atoms with Crippen LogP contribution in [0, 0.1) is 0 Å². The van der Waals surface area contributed by atoms with Gasteiger partial charge in [-0.3, -0.25) is 0 Å². The van der Waals surface area contributed by atoms with E-state index in [-0.39, 0.29) is 5.41 Å². The lowest BCUT2D eigenvalue weighted by Gasteiger charge is -2.27. The van der Waals surface area contributed by atoms with Gasteiger partial charge in [0.1, 0.15) is 0 Å². The van der Waals surface area contributed by atoms with E-state index in [0.717, 1.165) is 0 Å². The smallest absolute Gasteiger partial charge is 0.0375 e. The summed E-state index contributed by atoms with van der Waals surface area (Å²) in [5, 5.41) is 3.28. The molecule has 1 aromatic carbocycles. The van der Waals surface area contributed by atoms with Gasteiger partial charge in [-0.15, -0.1) is 0 Å². The average molecular weight is 205 g/mol. The molecule has 0 atom stereocenters. The number of benzene rings is 1. The number of nitrogens with one attached hydrogen (secondary N) is 1. The van der Waals surface area contributed by atoms with Crippen LogP contribution >= 0.6 is 0 Å². The van der Waals surface area contributed by atoms with Gasteiger partial charge in [-0.2, -0.15) is 0 Å². The van der Waals surface area contributed by atoms with Gasteiger partial charge < -0.3 is 5.32 Å². The fraction of sp³-hybridized carbons (Fsp3) is 0.571. The molecule has 0 bridgehead atoms. The summed E-state index contributed by atoms with van der Waals surface area (Å²) in [7, 11) is 1.99. The monoisotopic (exact) mass is 205 g/mol. The number of unbranched alkanes of at least 4 members (excludes halogenated alkanes) is 1. The lowest BCUT2D eigenvalue weighted by atomic mass is 9.79. The number of anilines is 1. The summed E-state index contributed by atoms with van der Waals surface area (Å²) >= 11 is 0. The first-order valence-electron chi connectivity index (χ1n) is 5.89. The number of para-hydroxylation sites is 1. The molecule has 0 unspecified atom stereocenters. The summed E-state index contributed by atoms with van der Waals surface area (Å²) in [6.45, 7) is 6.91. The fourth-order valence-corrected chi connectivity index (χ4v) is 2.04. The topological polar surface area (TPSA) is 12.0 Å². The third-order valence-electron chi connectivity index (χ3n) is 3.08. The van der Waals surface area contributed by atoms with Crippen LogP contribution in [0.25, 0.3) is 0 Å². The van der Waals surface area contributed by atoms with E-state index in [2.05, 4.69) is 50.4 Å². The largest absolute Gasteiger partial charge is 0.388 e. The van der Waals surface area contributed by atoms with Crippen LogP contribution in [0.1, 0.15) is 45.6 Å². The van der Waals surface area contributed by atoms with Crippen molar-refractivity contribution in [1.29, 1.82) is 0 Å². The van der Waals surface area contributed by atoms with Crippen molar-refractivity contribution < 1.29 is 0 Å². The Kier molecular flexibility index (Phi) is 4.19. The Balaban J connectivity index is 2.92. The van der Waals surface area contributed by atoms with E-state index in [9.17, 15) is 0 Å². The molecular formula is C14H23N. The lowest BCUT2D eigenvalue weighted by molar-refractivity contribution is 0.459. The minimum Gasteiger partial charge on any atom is -0.388 e. The highest BCUT2D eigenvalue weighted by Crippen LogP contribution is 2.33. The molecule has 0 aliphatic heterocycles. The standard InChI is InChI=1S/C14H23N/c1-5-6-11-14(2,3)12-9-7-8-10-13(12)15-4/h7-10,15H,5-6,11H2,1-4H3. The van der Waals surface area contributed by atoms with E-state index in [0.29, 0.717) is 0 Å². The zero-order valence-electron chi connectivity index (χ0n) is 10.4. The number of hydrogen-bond acceptors (Lipinski definition) is 1. The summed E-state index contributed by atoms with van der Waals surface area (Å²) in [5.41, 5.74) is 2.97. The molecule has 15 heavy (non-hydrogen) atoms. The molecule has 0 spiro atoms. The van der Waals surface area contributed by atoms with Crippen molar-refractivity contribution in [2.75, 3.05) is 12.4 Å². The van der Waals surface area contributed by atoms with Crippen LogP contribution < -0.4 is 5.32 Å². The quantitative estimate of drug-likeness (QED) is 0.759. The highest BCUT2D eigenvalue weighted by Gasteiger charge is 2.22. The third-order valence-corrected chi connectivity index (χ3v) is 3.08. The van der Waals surface area contributed by atoms with Crippen LogP contribution in [0.15, 0.2) is 24.3 Å². The van der Waals surface area contributed by atoms with Crippen molar-refractivity contribution in [3.8, 4) is 0 Å². The zero-order chi connectivity index (χ0) is 11.3. The van der Waals surface area contributed by atoms with Crippen molar-refractivity contribution >= 4 is 5.69 Å². The third kappa shape index (κ3) is 2.98. The second-order valence-electron chi connectivity index (χ2n) is 4.78. The summed E-state index contributed by atoms with van der Waals surface area (Å²) in [4.78, 5) is 0. The first-order valence-corrected chi connectivity index (χ1v) is 5.89. The predicted octanol–water partition coefficient (Wildman–Crippen LogP) is 4.20. The van der Waals surface area contributed by atoms with Crippen molar-refractivity contribution in [1.82, 2.24) is 0 Å². The van der Waals surface area contributed by atoms with E-state index in [1.165, 1.54) is 30.5 Å². The van der Waals surface area contributed by atoms with Gasteiger partial charge in [-0.25, -0.2) is 0 Å². The van der Waals surface area contributed by atoms with E-state index in [4.69, 9.17) is 0 Å². The Morgan fingerprint density at radius 1 is 1.20 bits per heavy atom. The van der Waals surface area contributed by atoms with Crippen LogP contribution in [0.2, 0.25) is 0 Å². The van der Waals surface area contributed by atoms with Crippen LogP contribution in [0.3, 0.4) is 0 Å². The van der Waals surface area contributed by atoms with Crippen LogP contribution in [0.4, 0.5) is 5.69 Å². The van der Waals surface area contributed by atoms with Crippen molar-refractivity contribution in [2.45, 2.75) is 45.4 Å². The second-order valence-corrected chi connectivity index (χ2v) is 4.78. The summed E-state index contributed by atoms with van der Waals surface area (Å²) in [6.07, 6.45) is 3.82. The Hall–Kier alpha value is -0.980. The normalized spacial score (nSPS) is 11.5. The van der Waals surface area contributed by atoms with Crippen LogP contribution in [-0.2, 0) is 5.41 Å². The Morgan fingerprint density at radius 3 is 2.47 bits per heavy atom. The minimum atomic E-state index is 0.273. The Bertz CT molecular complexity index is 302. The number of rotatable bonds is 5. The van der Waals surface area contributed by atoms with Gasteiger partial charge in [0.05, 0.1) is 0 Å². The average Bonchev–Trinajstić information content (AvgIpc) is 2.26. The molecule has 0 saturated heterocycles. The van der Waals surface area contributed by atoms with Crippen LogP contribution in [-0.4, -0.2) is 7.05 Å². The van der Waals surface area contributed by atoms with Gasteiger partial charge in [0.15, 0.2) is 0 Å². The Morgan fingerprint density at radius 2 is 1.87 bits per heavy atom. The first-order chi connectivity index (χ1) is 7.11. The van der Waals surface area contributed by atoms with E-state index in [1.807, 2.05) is 7.05 Å². The van der Waals surface area contributed by atoms with Gasteiger partial charge in [0.2, 0.25) is 0 Å². The van der Waals surface area contributed by atoms with Gasteiger partial charge in [0, 0.05) is 12.7 Å². The maximum atomic E-state index is 3.28. The molecule has 1 aromatic rings. The molecule has 1 rings (SSSR count). The molecule has 0 amide bonds. The maximum Gasteiger partial charge on any atom is 0.0375 e. The fourth-order valence-electron chi connectivity index (χ4n) is 2.04. The predicted molar refractivity (Wildman–Crippen MR) is 68.5 cm³/mol. The maximum absolute atomic E-state index is 3.28. The lowest BCUT2D eigenvalue weighted by Crippen LogP contribution is -2.18. The van der Waals surface area contributed by atoms with E-state index >= 15 is 0 Å². The molecule has 0 aliphatic rings. The molecule has 1 heteroatoms. The SMILES string of the molecule is CCCCC(C)(C)c1ccccc1NC. The molecule has 0 heterocycles. The van der Waals surface area contributed by atoms with Crippen molar-refractivity contribution in [3.63, 3.8) is 0 Å². The molecular weight excluding hydrogens is 182 g/mol. The van der Waals surface area contributed by atoms with Gasteiger partial charge in [-0.05, 0) is 23.5 Å². The molecule has 0 radical (unpaired) electrons. The Labute approximate surface area is 93.9 Å². The van der Waals surface area contributed by atoms with Gasteiger partial charge in [0.25, 0.3) is 0 Å². The molecule has 0 saturated carbocycles. The first kappa shape index (κ1) is 12.1. The summed E-state index contributed by atoms with van der Waals surface area (Å²) < 4.78 is 0. The number of hydrogen-bond donors (Lipinski definition) is 1. The molecule has 1 nitrogen and oxygen atoms in total. The molecule has 0 aromatic heterocycles. The molecule has 1 N–H and O–H groups in total. The highest BCUT2D eigenvalue weighted by atomic mass is 14.8. The molecule has 0 fully saturated rings. The van der Waals surface area contributed by atoms with Crippen LogP contribution in [0.5, 0.6) is 0 Å². The van der Waals surface area contributed by atoms with E-state index < -0.39 is 0 Å². The van der Waals surface area contributed by atoms with Gasteiger partial charge in [-0.1, -0.05) is 51.8 Å². The highest BCUT2D eigenvalue weighted by molar-refractivity contribution is 5.53. The summed E-state index contributed by atoms with van der Waals surface area (Å²) in [5.74, 6) is 0. The molecule has 0 aliphatic carbocycles. The summed E-state index contributed by atoms with van der Waals surface area (Å²) in [6, 6.07) is 8.61. The van der Waals surface area contributed by atoms with Crippen molar-refractivity contribution in [3.05, 3.63) is 29.8 Å². The zero-order valence-corrected chi connectivity index (χ0v) is 10.4. The van der Waals surface area contributed by atoms with Gasteiger partial charge >= 0.3 is 0 Å². The minimum absolute atomic E-state index is 0.273. The second kappa shape index (κ2) is 5.20. The molecule has 84 valence electrons. The van der Waals surface area contributed by atoms with E-state index in [1.54, 1.807) is 0 Å². The van der Waals surface area contributed by atoms with Crippen molar-refractivity contribution in [2.24, 2.45) is 0 Å².